The summed E-state index contributed by atoms with van der Waals surface area (Å²) in [5, 5.41) is 11.4. The molecule has 6 nitrogen and oxygen atoms in total. The van der Waals surface area contributed by atoms with E-state index >= 15 is 0 Å². The zero-order chi connectivity index (χ0) is 25.1. The predicted molar refractivity (Wildman–Crippen MR) is 133 cm³/mol. The highest BCUT2D eigenvalue weighted by atomic mass is 35.5. The first-order valence-corrected chi connectivity index (χ1v) is 12.1. The van der Waals surface area contributed by atoms with E-state index < -0.39 is 0 Å². The largest absolute Gasteiger partial charge is 0.512 e. The van der Waals surface area contributed by atoms with Crippen LogP contribution in [-0.2, 0) is 21.0 Å². The van der Waals surface area contributed by atoms with Gasteiger partial charge in [-0.3, -0.25) is 14.4 Å². The molecule has 2 aromatic rings. The molecule has 1 saturated carbocycles. The van der Waals surface area contributed by atoms with Gasteiger partial charge >= 0.3 is 0 Å². The number of aliphatic hydroxyl groups excluding tert-OH is 1. The van der Waals surface area contributed by atoms with Gasteiger partial charge in [0.2, 0.25) is 0 Å². The predicted octanol–water partition coefficient (Wildman–Crippen LogP) is 6.22. The number of carbonyl (C=O) groups is 3. The third-order valence-corrected chi connectivity index (χ3v) is 6.75. The third kappa shape index (κ3) is 5.14. The maximum atomic E-state index is 12.9. The van der Waals surface area contributed by atoms with E-state index in [0.29, 0.717) is 23.4 Å². The lowest BCUT2D eigenvalue weighted by Crippen LogP contribution is -2.23. The molecule has 35 heavy (non-hydrogen) atoms. The highest BCUT2D eigenvalue weighted by molar-refractivity contribution is 6.34. The Labute approximate surface area is 213 Å². The van der Waals surface area contributed by atoms with E-state index in [2.05, 4.69) is 0 Å². The second-order valence-electron chi connectivity index (χ2n) is 8.42. The number of hydrogen-bond donors (Lipinski definition) is 1. The van der Waals surface area contributed by atoms with E-state index in [4.69, 9.17) is 32.7 Å². The van der Waals surface area contributed by atoms with Crippen LogP contribution in [0.5, 0.6) is 11.5 Å². The van der Waals surface area contributed by atoms with Crippen molar-refractivity contribution in [3.05, 3.63) is 74.5 Å². The van der Waals surface area contributed by atoms with Gasteiger partial charge in [0.25, 0.3) is 0 Å². The minimum atomic E-state index is -0.357. The smallest absolute Gasteiger partial charge is 0.180 e. The van der Waals surface area contributed by atoms with E-state index in [9.17, 15) is 19.5 Å². The fourth-order valence-corrected chi connectivity index (χ4v) is 4.84. The van der Waals surface area contributed by atoms with Crippen LogP contribution >= 0.6 is 23.2 Å². The van der Waals surface area contributed by atoms with Gasteiger partial charge in [0, 0.05) is 41.8 Å². The molecule has 182 valence electrons. The summed E-state index contributed by atoms with van der Waals surface area (Å²) < 4.78 is 11.4. The van der Waals surface area contributed by atoms with Gasteiger partial charge in [-0.1, -0.05) is 41.4 Å². The Morgan fingerprint density at radius 3 is 2.23 bits per heavy atom. The number of ether oxygens (including phenoxy) is 2. The molecular weight excluding hydrogens is 491 g/mol. The highest BCUT2D eigenvalue weighted by Gasteiger charge is 2.34. The number of halogens is 2. The average Bonchev–Trinajstić information content (AvgIpc) is 2.82. The molecule has 0 aromatic heterocycles. The van der Waals surface area contributed by atoms with Crippen LogP contribution in [-0.4, -0.2) is 29.6 Å². The molecule has 0 heterocycles. The molecule has 0 amide bonds. The molecular formula is C27H24Cl2O6. The number of aliphatic hydroxyl groups is 1. The van der Waals surface area contributed by atoms with E-state index in [1.807, 2.05) is 18.2 Å². The van der Waals surface area contributed by atoms with Crippen molar-refractivity contribution in [3.63, 3.8) is 0 Å². The Balaban J connectivity index is 1.85. The van der Waals surface area contributed by atoms with Gasteiger partial charge in [-0.15, -0.1) is 0 Å². The molecule has 2 aliphatic carbocycles. The van der Waals surface area contributed by atoms with Crippen molar-refractivity contribution < 1.29 is 29.0 Å². The first-order valence-electron chi connectivity index (χ1n) is 11.3. The second kappa shape index (κ2) is 10.7. The van der Waals surface area contributed by atoms with Crippen LogP contribution < -0.4 is 9.47 Å². The van der Waals surface area contributed by atoms with Crippen LogP contribution in [0, 0.1) is 0 Å². The first kappa shape index (κ1) is 25.0. The first-order chi connectivity index (χ1) is 16.8. The van der Waals surface area contributed by atoms with Crippen LogP contribution in [0.3, 0.4) is 0 Å². The maximum Gasteiger partial charge on any atom is 0.180 e. The molecule has 2 aromatic carbocycles. The summed E-state index contributed by atoms with van der Waals surface area (Å²) in [6.07, 6.45) is 1.82. The highest BCUT2D eigenvalue weighted by Crippen LogP contribution is 2.43. The van der Waals surface area contributed by atoms with Gasteiger partial charge in [-0.05, 0) is 36.6 Å². The molecule has 0 saturated heterocycles. The summed E-state index contributed by atoms with van der Waals surface area (Å²) in [7, 11) is 1.43. The summed E-state index contributed by atoms with van der Waals surface area (Å²) >= 11 is 12.8. The van der Waals surface area contributed by atoms with Crippen molar-refractivity contribution in [1.29, 1.82) is 0 Å². The van der Waals surface area contributed by atoms with Crippen LogP contribution in [0.25, 0.3) is 5.57 Å². The fourth-order valence-electron chi connectivity index (χ4n) is 4.39. The zero-order valence-corrected chi connectivity index (χ0v) is 20.7. The average molecular weight is 515 g/mol. The van der Waals surface area contributed by atoms with E-state index in [-0.39, 0.29) is 88.6 Å². The van der Waals surface area contributed by atoms with Crippen LogP contribution in [0.4, 0.5) is 0 Å². The molecule has 0 unspecified atom stereocenters. The summed E-state index contributed by atoms with van der Waals surface area (Å²) in [6, 6.07) is 10.3. The number of Topliss-reactive ketones (excluding diaryl/α,β-unsaturated/α-hetero) is 3. The van der Waals surface area contributed by atoms with E-state index in [0.717, 1.165) is 5.56 Å². The van der Waals surface area contributed by atoms with Gasteiger partial charge in [0.1, 0.15) is 12.4 Å². The Morgan fingerprint density at radius 1 is 0.914 bits per heavy atom. The van der Waals surface area contributed by atoms with Crippen molar-refractivity contribution in [1.82, 2.24) is 0 Å². The van der Waals surface area contributed by atoms with E-state index in [1.54, 1.807) is 12.1 Å². The Morgan fingerprint density at radius 2 is 1.57 bits per heavy atom. The molecule has 1 fully saturated rings. The monoisotopic (exact) mass is 514 g/mol. The van der Waals surface area contributed by atoms with Crippen molar-refractivity contribution in [2.75, 3.05) is 7.11 Å². The van der Waals surface area contributed by atoms with Crippen LogP contribution in [0.2, 0.25) is 10.0 Å². The Kier molecular flexibility index (Phi) is 7.63. The molecule has 0 spiro atoms. The SMILES string of the molecule is COc1cc(C(C2=C(O)CCCC2=O)=C2C(=O)CCCC2=O)cc(Cl)c1OCc1ccccc1Cl. The van der Waals surface area contributed by atoms with Crippen LogP contribution in [0.15, 0.2) is 53.3 Å². The minimum absolute atomic E-state index is 0.00212. The van der Waals surface area contributed by atoms with Gasteiger partial charge in [-0.25, -0.2) is 0 Å². The molecule has 1 N–H and O–H groups in total. The lowest BCUT2D eigenvalue weighted by Gasteiger charge is -2.24. The normalized spacial score (nSPS) is 16.5. The van der Waals surface area contributed by atoms with Gasteiger partial charge < -0.3 is 14.6 Å². The van der Waals surface area contributed by atoms with Crippen LogP contribution in [0.1, 0.15) is 49.7 Å². The molecule has 0 bridgehead atoms. The lowest BCUT2D eigenvalue weighted by molar-refractivity contribution is -0.123. The number of hydrogen-bond acceptors (Lipinski definition) is 6. The fraction of sp³-hybridized carbons (Fsp3) is 0.296. The molecule has 2 aliphatic rings. The Bertz CT molecular complexity index is 1260. The second-order valence-corrected chi connectivity index (χ2v) is 9.23. The van der Waals surface area contributed by atoms with Crippen molar-refractivity contribution in [2.45, 2.75) is 45.1 Å². The summed E-state index contributed by atoms with van der Waals surface area (Å²) in [6.45, 7) is 0.129. The summed E-state index contributed by atoms with van der Waals surface area (Å²) in [5.74, 6) is -0.679. The molecule has 4 rings (SSSR count). The zero-order valence-electron chi connectivity index (χ0n) is 19.2. The lowest BCUT2D eigenvalue weighted by atomic mass is 9.79. The third-order valence-electron chi connectivity index (χ3n) is 6.10. The van der Waals surface area contributed by atoms with E-state index in [1.165, 1.54) is 13.2 Å². The quantitative estimate of drug-likeness (QED) is 0.363. The van der Waals surface area contributed by atoms with Crippen molar-refractivity contribution in [3.8, 4) is 11.5 Å². The van der Waals surface area contributed by atoms with Gasteiger partial charge in [-0.2, -0.15) is 0 Å². The maximum absolute atomic E-state index is 12.9. The van der Waals surface area contributed by atoms with Gasteiger partial charge in [0.05, 0.1) is 23.3 Å². The molecule has 8 heteroatoms. The summed E-state index contributed by atoms with van der Waals surface area (Å²) in [5.41, 5.74) is 1.11. The van der Waals surface area contributed by atoms with Crippen molar-refractivity contribution in [2.24, 2.45) is 0 Å². The molecule has 0 aliphatic heterocycles. The topological polar surface area (TPSA) is 89.9 Å². The number of methoxy groups -OCH3 is 1. The number of benzene rings is 2. The standard InChI is InChI=1S/C27H24Cl2O6/c1-34-23-13-16(12-18(29)27(23)35-14-15-6-2-3-7-17(15)28)24(25-19(30)8-4-9-20(25)31)26-21(32)10-5-11-22(26)33/h2-3,6-7,12-13,30H,4-5,8-11,14H2,1H3. The van der Waals surface area contributed by atoms with Crippen molar-refractivity contribution >= 4 is 46.1 Å². The van der Waals surface area contributed by atoms with Gasteiger partial charge in [0.15, 0.2) is 28.8 Å². The Hall–Kier alpha value is -3.09. The molecule has 0 atom stereocenters. The number of carbonyl (C=O) groups excluding carboxylic acids is 3. The number of ketones is 3. The minimum Gasteiger partial charge on any atom is -0.512 e. The summed E-state index contributed by atoms with van der Waals surface area (Å²) in [4.78, 5) is 38.7. The number of allylic oxidation sites excluding steroid dienone is 4. The number of rotatable bonds is 6. The molecule has 0 radical (unpaired) electrons.